The predicted molar refractivity (Wildman–Crippen MR) is 65.9 cm³/mol. The molecule has 0 radical (unpaired) electrons. The molecule has 0 unspecified atom stereocenters. The van der Waals surface area contributed by atoms with Gasteiger partial charge in [0.05, 0.1) is 12.6 Å². The van der Waals surface area contributed by atoms with Crippen LogP contribution in [-0.4, -0.2) is 74.7 Å². The Kier molecular flexibility index (Phi) is 4.76. The van der Waals surface area contributed by atoms with Crippen molar-refractivity contribution >= 4 is 5.91 Å². The van der Waals surface area contributed by atoms with Crippen molar-refractivity contribution in [3.8, 4) is 0 Å². The van der Waals surface area contributed by atoms with Crippen molar-refractivity contribution in [3.63, 3.8) is 0 Å². The van der Waals surface area contributed by atoms with Gasteiger partial charge < -0.3 is 15.0 Å². The molecule has 1 amide bonds. The maximum absolute atomic E-state index is 12.1. The van der Waals surface area contributed by atoms with Crippen molar-refractivity contribution in [1.82, 2.24) is 15.1 Å². The first-order chi connectivity index (χ1) is 8.31. The van der Waals surface area contributed by atoms with E-state index < -0.39 is 0 Å². The molecule has 2 aliphatic heterocycles. The molecule has 1 atom stereocenters. The van der Waals surface area contributed by atoms with E-state index in [0.717, 1.165) is 58.7 Å². The molecule has 0 aliphatic carbocycles. The average Bonchev–Trinajstić information content (AvgIpc) is 2.90. The maximum Gasteiger partial charge on any atom is 0.239 e. The van der Waals surface area contributed by atoms with Crippen LogP contribution < -0.4 is 5.32 Å². The molecule has 2 rings (SSSR count). The number of rotatable bonds is 4. The lowest BCUT2D eigenvalue weighted by atomic mass is 10.2. The van der Waals surface area contributed by atoms with Gasteiger partial charge in [0.2, 0.25) is 5.91 Å². The van der Waals surface area contributed by atoms with Gasteiger partial charge in [0, 0.05) is 39.8 Å². The Morgan fingerprint density at radius 1 is 1.35 bits per heavy atom. The van der Waals surface area contributed by atoms with Crippen LogP contribution in [0.4, 0.5) is 0 Å². The number of nitrogens with zero attached hydrogens (tertiary/aromatic N) is 2. The lowest BCUT2D eigenvalue weighted by Gasteiger charge is -2.35. The Morgan fingerprint density at radius 2 is 2.12 bits per heavy atom. The van der Waals surface area contributed by atoms with Gasteiger partial charge in [-0.05, 0) is 19.4 Å². The fourth-order valence-corrected chi connectivity index (χ4v) is 2.53. The van der Waals surface area contributed by atoms with Gasteiger partial charge in [-0.3, -0.25) is 9.69 Å². The van der Waals surface area contributed by atoms with Crippen LogP contribution in [0, 0.1) is 0 Å². The van der Waals surface area contributed by atoms with Gasteiger partial charge in [-0.25, -0.2) is 0 Å². The van der Waals surface area contributed by atoms with Crippen LogP contribution in [0.2, 0.25) is 0 Å². The molecule has 0 spiro atoms. The third kappa shape index (κ3) is 3.40. The zero-order valence-electron chi connectivity index (χ0n) is 10.7. The minimum Gasteiger partial charge on any atom is -0.383 e. The molecule has 0 aromatic rings. The first-order valence-corrected chi connectivity index (χ1v) is 6.54. The number of carbonyl (C=O) groups excluding carboxylic acids is 1. The van der Waals surface area contributed by atoms with E-state index in [9.17, 15) is 4.79 Å². The fraction of sp³-hybridized carbons (Fsp3) is 0.917. The normalized spacial score (nSPS) is 26.4. The van der Waals surface area contributed by atoms with E-state index >= 15 is 0 Å². The summed E-state index contributed by atoms with van der Waals surface area (Å²) in [5, 5.41) is 3.27. The summed E-state index contributed by atoms with van der Waals surface area (Å²) in [6.45, 7) is 6.41. The summed E-state index contributed by atoms with van der Waals surface area (Å²) in [4.78, 5) is 16.5. The highest BCUT2D eigenvalue weighted by Crippen LogP contribution is 2.10. The maximum atomic E-state index is 12.1. The minimum atomic E-state index is 0.0838. The van der Waals surface area contributed by atoms with Gasteiger partial charge in [0.1, 0.15) is 0 Å². The second-order valence-corrected chi connectivity index (χ2v) is 4.81. The van der Waals surface area contributed by atoms with Crippen molar-refractivity contribution in [2.75, 3.05) is 53.0 Å². The molecule has 2 heterocycles. The zero-order valence-corrected chi connectivity index (χ0v) is 10.7. The molecule has 17 heavy (non-hydrogen) atoms. The molecular weight excluding hydrogens is 218 g/mol. The van der Waals surface area contributed by atoms with Gasteiger partial charge in [0.25, 0.3) is 0 Å². The van der Waals surface area contributed by atoms with Crippen LogP contribution in [0.5, 0.6) is 0 Å². The molecule has 0 saturated carbocycles. The Hall–Kier alpha value is -0.650. The van der Waals surface area contributed by atoms with Crippen LogP contribution in [-0.2, 0) is 9.53 Å². The summed E-state index contributed by atoms with van der Waals surface area (Å²) >= 11 is 0. The molecule has 5 heteroatoms. The summed E-state index contributed by atoms with van der Waals surface area (Å²) < 4.78 is 5.07. The summed E-state index contributed by atoms with van der Waals surface area (Å²) in [5.41, 5.74) is 0. The summed E-state index contributed by atoms with van der Waals surface area (Å²) in [6.07, 6.45) is 2.13. The minimum absolute atomic E-state index is 0.0838. The van der Waals surface area contributed by atoms with Crippen molar-refractivity contribution in [2.45, 2.75) is 18.9 Å². The Balaban J connectivity index is 1.72. The van der Waals surface area contributed by atoms with E-state index in [0.29, 0.717) is 5.91 Å². The van der Waals surface area contributed by atoms with E-state index in [-0.39, 0.29) is 6.04 Å². The first kappa shape index (κ1) is 12.8. The van der Waals surface area contributed by atoms with E-state index in [1.807, 2.05) is 4.90 Å². The summed E-state index contributed by atoms with van der Waals surface area (Å²) in [7, 11) is 1.73. The number of piperazine rings is 1. The van der Waals surface area contributed by atoms with E-state index in [2.05, 4.69) is 10.2 Å². The number of ether oxygens (including phenoxy) is 1. The van der Waals surface area contributed by atoms with Crippen LogP contribution in [0.25, 0.3) is 0 Å². The van der Waals surface area contributed by atoms with Crippen LogP contribution in [0.1, 0.15) is 12.8 Å². The SMILES string of the molecule is COCCN1CCN(C(=O)[C@@H]2CCCN2)CC1. The van der Waals surface area contributed by atoms with Crippen molar-refractivity contribution < 1.29 is 9.53 Å². The third-order valence-electron chi connectivity index (χ3n) is 3.65. The van der Waals surface area contributed by atoms with E-state index in [4.69, 9.17) is 4.74 Å². The standard InChI is InChI=1S/C12H23N3O2/c1-17-10-9-14-5-7-15(8-6-14)12(16)11-3-2-4-13-11/h11,13H,2-10H2,1H3/t11-/m0/s1. The van der Waals surface area contributed by atoms with Crippen LogP contribution >= 0.6 is 0 Å². The van der Waals surface area contributed by atoms with Crippen LogP contribution in [0.15, 0.2) is 0 Å². The number of carbonyl (C=O) groups is 1. The number of hydrogen-bond donors (Lipinski definition) is 1. The average molecular weight is 241 g/mol. The fourth-order valence-electron chi connectivity index (χ4n) is 2.53. The molecule has 2 aliphatic rings. The Morgan fingerprint density at radius 3 is 2.71 bits per heavy atom. The predicted octanol–water partition coefficient (Wildman–Crippen LogP) is -0.471. The molecule has 2 saturated heterocycles. The molecule has 98 valence electrons. The van der Waals surface area contributed by atoms with Gasteiger partial charge in [0.15, 0.2) is 0 Å². The highest BCUT2D eigenvalue weighted by atomic mass is 16.5. The topological polar surface area (TPSA) is 44.8 Å². The molecule has 2 fully saturated rings. The third-order valence-corrected chi connectivity index (χ3v) is 3.65. The monoisotopic (exact) mass is 241 g/mol. The van der Waals surface area contributed by atoms with Gasteiger partial charge in [-0.2, -0.15) is 0 Å². The lowest BCUT2D eigenvalue weighted by molar-refractivity contribution is -0.134. The van der Waals surface area contributed by atoms with Gasteiger partial charge >= 0.3 is 0 Å². The number of nitrogens with one attached hydrogen (secondary N) is 1. The molecule has 0 bridgehead atoms. The van der Waals surface area contributed by atoms with Crippen LogP contribution in [0.3, 0.4) is 0 Å². The molecule has 0 aromatic heterocycles. The summed E-state index contributed by atoms with van der Waals surface area (Å²) in [5.74, 6) is 0.300. The van der Waals surface area contributed by atoms with E-state index in [1.165, 1.54) is 0 Å². The second kappa shape index (κ2) is 6.33. The highest BCUT2D eigenvalue weighted by molar-refractivity contribution is 5.82. The molecule has 1 N–H and O–H groups in total. The number of amides is 1. The molecular formula is C12H23N3O2. The van der Waals surface area contributed by atoms with Crippen molar-refractivity contribution in [2.24, 2.45) is 0 Å². The second-order valence-electron chi connectivity index (χ2n) is 4.81. The Labute approximate surface area is 103 Å². The quantitative estimate of drug-likeness (QED) is 0.723. The number of methoxy groups -OCH3 is 1. The van der Waals surface area contributed by atoms with Crippen molar-refractivity contribution in [3.05, 3.63) is 0 Å². The van der Waals surface area contributed by atoms with Gasteiger partial charge in [-0.15, -0.1) is 0 Å². The van der Waals surface area contributed by atoms with E-state index in [1.54, 1.807) is 7.11 Å². The highest BCUT2D eigenvalue weighted by Gasteiger charge is 2.28. The first-order valence-electron chi connectivity index (χ1n) is 6.54. The molecule has 0 aromatic carbocycles. The van der Waals surface area contributed by atoms with Gasteiger partial charge in [-0.1, -0.05) is 0 Å². The zero-order chi connectivity index (χ0) is 12.1. The largest absolute Gasteiger partial charge is 0.383 e. The number of hydrogen-bond acceptors (Lipinski definition) is 4. The Bertz CT molecular complexity index is 246. The molecule has 5 nitrogen and oxygen atoms in total. The summed E-state index contributed by atoms with van der Waals surface area (Å²) in [6, 6.07) is 0.0838. The lowest BCUT2D eigenvalue weighted by Crippen LogP contribution is -2.53. The smallest absolute Gasteiger partial charge is 0.239 e. The van der Waals surface area contributed by atoms with Crippen molar-refractivity contribution in [1.29, 1.82) is 0 Å².